The van der Waals surface area contributed by atoms with Crippen LogP contribution in [0.4, 0.5) is 5.69 Å². The molecule has 0 radical (unpaired) electrons. The molecule has 0 bridgehead atoms. The lowest BCUT2D eigenvalue weighted by Crippen LogP contribution is -2.34. The Morgan fingerprint density at radius 1 is 0.968 bits per heavy atom. The number of ketones is 1. The fourth-order valence-electron chi connectivity index (χ4n) is 3.03. The fraction of sp³-hybridized carbons (Fsp3) is 0. The van der Waals surface area contributed by atoms with Gasteiger partial charge in [0.15, 0.2) is 10.9 Å². The maximum absolute atomic E-state index is 13.0. The molecule has 0 unspecified atom stereocenters. The quantitative estimate of drug-likeness (QED) is 0.229. The van der Waals surface area contributed by atoms with E-state index in [1.54, 1.807) is 42.5 Å². The molecule has 1 heterocycles. The van der Waals surface area contributed by atoms with Gasteiger partial charge >= 0.3 is 0 Å². The molecular weight excluding hydrogens is 516 g/mol. The first-order valence-corrected chi connectivity index (χ1v) is 11.5. The minimum Gasteiger partial charge on any atom is -0.332 e. The summed E-state index contributed by atoms with van der Waals surface area (Å²) in [5, 5.41) is 6.90. The van der Waals surface area contributed by atoms with E-state index in [0.717, 1.165) is 14.6 Å². The lowest BCUT2D eigenvalue weighted by Gasteiger charge is -2.13. The van der Waals surface area contributed by atoms with E-state index in [1.807, 2.05) is 30.3 Å². The molecule has 4 nitrogen and oxygen atoms in total. The second-order valence-electron chi connectivity index (χ2n) is 6.53. The molecule has 3 aromatic carbocycles. The van der Waals surface area contributed by atoms with Gasteiger partial charge in [-0.05, 0) is 36.5 Å². The minimum atomic E-state index is -0.406. The summed E-state index contributed by atoms with van der Waals surface area (Å²) in [6.45, 7) is 0. The molecule has 0 fully saturated rings. The van der Waals surface area contributed by atoms with Gasteiger partial charge < -0.3 is 5.32 Å². The Labute approximate surface area is 201 Å². The molecule has 31 heavy (non-hydrogen) atoms. The van der Waals surface area contributed by atoms with E-state index >= 15 is 0 Å². The molecule has 0 spiro atoms. The smallest absolute Gasteiger partial charge is 0.269 e. The SMILES string of the molecule is O=C(c1ccccc1)c1cc(Br)ccc1NC(=S)NC(=O)c1sc2ccccc2c1Cl. The van der Waals surface area contributed by atoms with Crippen molar-refractivity contribution >= 4 is 83.7 Å². The van der Waals surface area contributed by atoms with Gasteiger partial charge in [0, 0.05) is 25.7 Å². The predicted octanol–water partition coefficient (Wildman–Crippen LogP) is 6.68. The number of thiocarbonyl (C=S) groups is 1. The molecule has 8 heteroatoms. The highest BCUT2D eigenvalue weighted by Crippen LogP contribution is 2.35. The van der Waals surface area contributed by atoms with Crippen LogP contribution in [-0.2, 0) is 0 Å². The molecule has 0 aliphatic carbocycles. The topological polar surface area (TPSA) is 58.2 Å². The van der Waals surface area contributed by atoms with Crippen molar-refractivity contribution < 1.29 is 9.59 Å². The van der Waals surface area contributed by atoms with Crippen LogP contribution in [0, 0.1) is 0 Å². The summed E-state index contributed by atoms with van der Waals surface area (Å²) < 4.78 is 1.67. The van der Waals surface area contributed by atoms with Crippen LogP contribution in [0.5, 0.6) is 0 Å². The first-order valence-electron chi connectivity index (χ1n) is 9.12. The predicted molar refractivity (Wildman–Crippen MR) is 135 cm³/mol. The molecule has 0 atom stereocenters. The zero-order chi connectivity index (χ0) is 22.0. The Balaban J connectivity index is 1.55. The molecule has 2 N–H and O–H groups in total. The summed E-state index contributed by atoms with van der Waals surface area (Å²) in [5.41, 5.74) is 1.47. The van der Waals surface area contributed by atoms with Gasteiger partial charge in [0.25, 0.3) is 5.91 Å². The minimum absolute atomic E-state index is 0.0722. The molecule has 4 rings (SSSR count). The van der Waals surface area contributed by atoms with Crippen molar-refractivity contribution in [3.63, 3.8) is 0 Å². The third-order valence-corrected chi connectivity index (χ3v) is 6.85. The van der Waals surface area contributed by atoms with Gasteiger partial charge in [0.2, 0.25) is 0 Å². The van der Waals surface area contributed by atoms with Crippen LogP contribution >= 0.6 is 51.1 Å². The van der Waals surface area contributed by atoms with Crippen LogP contribution in [0.1, 0.15) is 25.6 Å². The van der Waals surface area contributed by atoms with Gasteiger partial charge in [-0.25, -0.2) is 0 Å². The highest BCUT2D eigenvalue weighted by molar-refractivity contribution is 9.10. The summed E-state index contributed by atoms with van der Waals surface area (Å²) in [6, 6.07) is 21.7. The standard InChI is InChI=1S/C23H14BrClN2O2S2/c24-14-10-11-17(16(12-14)20(28)13-6-2-1-3-7-13)26-23(30)27-22(29)21-19(25)15-8-4-5-9-18(15)31-21/h1-12H,(H2,26,27,29,30). The number of halogens is 2. The lowest BCUT2D eigenvalue weighted by atomic mass is 10.0. The van der Waals surface area contributed by atoms with Crippen molar-refractivity contribution in [2.75, 3.05) is 5.32 Å². The first kappa shape index (κ1) is 21.6. The molecule has 0 saturated heterocycles. The Morgan fingerprint density at radius 2 is 1.68 bits per heavy atom. The van der Waals surface area contributed by atoms with Crippen molar-refractivity contribution in [1.29, 1.82) is 0 Å². The van der Waals surface area contributed by atoms with Crippen molar-refractivity contribution in [3.05, 3.63) is 98.3 Å². The van der Waals surface area contributed by atoms with Crippen molar-refractivity contribution in [2.45, 2.75) is 0 Å². The van der Waals surface area contributed by atoms with Crippen molar-refractivity contribution in [1.82, 2.24) is 5.32 Å². The maximum Gasteiger partial charge on any atom is 0.269 e. The number of anilines is 1. The normalized spacial score (nSPS) is 10.6. The number of carbonyl (C=O) groups excluding carboxylic acids is 2. The van der Waals surface area contributed by atoms with Crippen LogP contribution in [-0.4, -0.2) is 16.8 Å². The Morgan fingerprint density at radius 3 is 2.42 bits per heavy atom. The van der Waals surface area contributed by atoms with Gasteiger partial charge in [0.1, 0.15) is 4.88 Å². The molecule has 154 valence electrons. The molecule has 1 aromatic heterocycles. The van der Waals surface area contributed by atoms with E-state index in [2.05, 4.69) is 26.6 Å². The Bertz CT molecular complexity index is 1320. The van der Waals surface area contributed by atoms with E-state index in [4.69, 9.17) is 23.8 Å². The number of benzene rings is 3. The lowest BCUT2D eigenvalue weighted by molar-refractivity contribution is 0.0981. The third kappa shape index (κ3) is 4.70. The van der Waals surface area contributed by atoms with Crippen LogP contribution in [0.3, 0.4) is 0 Å². The number of rotatable bonds is 4. The van der Waals surface area contributed by atoms with Gasteiger partial charge in [0.05, 0.1) is 10.7 Å². The largest absolute Gasteiger partial charge is 0.332 e. The van der Waals surface area contributed by atoms with Gasteiger partial charge in [-0.3, -0.25) is 14.9 Å². The van der Waals surface area contributed by atoms with E-state index in [0.29, 0.717) is 26.7 Å². The zero-order valence-electron chi connectivity index (χ0n) is 15.8. The first-order chi connectivity index (χ1) is 14.9. The summed E-state index contributed by atoms with van der Waals surface area (Å²) in [4.78, 5) is 26.1. The Hall–Kier alpha value is -2.58. The van der Waals surface area contributed by atoms with Crippen LogP contribution < -0.4 is 10.6 Å². The zero-order valence-corrected chi connectivity index (χ0v) is 19.8. The maximum atomic E-state index is 13.0. The number of hydrogen-bond acceptors (Lipinski definition) is 4. The van der Waals surface area contributed by atoms with Crippen LogP contribution in [0.25, 0.3) is 10.1 Å². The molecule has 0 saturated carbocycles. The second kappa shape index (κ2) is 9.28. The second-order valence-corrected chi connectivity index (χ2v) is 9.29. The van der Waals surface area contributed by atoms with Gasteiger partial charge in [-0.15, -0.1) is 11.3 Å². The summed E-state index contributed by atoms with van der Waals surface area (Å²) in [6.07, 6.45) is 0. The highest BCUT2D eigenvalue weighted by Gasteiger charge is 2.19. The fourth-order valence-corrected chi connectivity index (χ4v) is 5.01. The van der Waals surface area contributed by atoms with Gasteiger partial charge in [-0.1, -0.05) is 76.1 Å². The highest BCUT2D eigenvalue weighted by atomic mass is 79.9. The monoisotopic (exact) mass is 528 g/mol. The average Bonchev–Trinajstić information content (AvgIpc) is 3.12. The van der Waals surface area contributed by atoms with E-state index in [1.165, 1.54) is 11.3 Å². The number of hydrogen-bond donors (Lipinski definition) is 2. The summed E-state index contributed by atoms with van der Waals surface area (Å²) in [5.74, 6) is -0.567. The molecule has 0 aliphatic heterocycles. The summed E-state index contributed by atoms with van der Waals surface area (Å²) >= 11 is 16.4. The number of amides is 1. The number of carbonyl (C=O) groups is 2. The van der Waals surface area contributed by atoms with Crippen molar-refractivity contribution in [2.24, 2.45) is 0 Å². The molecule has 0 aliphatic rings. The van der Waals surface area contributed by atoms with Crippen molar-refractivity contribution in [3.8, 4) is 0 Å². The molecular formula is C23H14BrClN2O2S2. The van der Waals surface area contributed by atoms with E-state index in [-0.39, 0.29) is 10.9 Å². The summed E-state index contributed by atoms with van der Waals surface area (Å²) in [7, 11) is 0. The Kier molecular flexibility index (Phi) is 6.48. The van der Waals surface area contributed by atoms with E-state index in [9.17, 15) is 9.59 Å². The van der Waals surface area contributed by atoms with Crippen LogP contribution in [0.2, 0.25) is 5.02 Å². The van der Waals surface area contributed by atoms with E-state index < -0.39 is 5.91 Å². The molecule has 4 aromatic rings. The number of nitrogens with one attached hydrogen (secondary N) is 2. The molecule has 1 amide bonds. The van der Waals surface area contributed by atoms with Gasteiger partial charge in [-0.2, -0.15) is 0 Å². The average molecular weight is 530 g/mol. The van der Waals surface area contributed by atoms with Crippen LogP contribution in [0.15, 0.2) is 77.3 Å². The number of fused-ring (bicyclic) bond motifs is 1. The number of thiophene rings is 1. The third-order valence-electron chi connectivity index (χ3n) is 4.48.